The number of halogens is 1. The van der Waals surface area contributed by atoms with Crippen molar-refractivity contribution in [3.8, 4) is 5.75 Å². The molecule has 6 heteroatoms. The van der Waals surface area contributed by atoms with Gasteiger partial charge in [-0.15, -0.1) is 0 Å². The molecule has 1 aromatic carbocycles. The molecule has 1 saturated carbocycles. The number of amides is 1. The lowest BCUT2D eigenvalue weighted by molar-refractivity contribution is 0.0652. The highest BCUT2D eigenvalue weighted by Crippen LogP contribution is 2.26. The van der Waals surface area contributed by atoms with E-state index in [0.717, 1.165) is 38.9 Å². The number of rotatable bonds is 6. The monoisotopic (exact) mass is 352 g/mol. The molecular formula is C18H25ClN2O3. The number of nitrogens with one attached hydrogen (secondary N) is 2. The van der Waals surface area contributed by atoms with Crippen molar-refractivity contribution in [3.63, 3.8) is 0 Å². The van der Waals surface area contributed by atoms with Gasteiger partial charge < -0.3 is 20.1 Å². The second-order valence-corrected chi connectivity index (χ2v) is 6.80. The molecule has 24 heavy (non-hydrogen) atoms. The van der Waals surface area contributed by atoms with Gasteiger partial charge in [0.2, 0.25) is 0 Å². The van der Waals surface area contributed by atoms with Crippen LogP contribution in [0.3, 0.4) is 0 Å². The Morgan fingerprint density at radius 3 is 2.62 bits per heavy atom. The standard InChI is InChI=1S/C18H25ClN2O3/c1-2-24-17-6-3-12(11-14(17)19)18(22)21-16-5-4-15(16)20-13-7-9-23-10-8-13/h3,6,11,13,15-16,20H,2,4-5,7-10H2,1H3,(H,21,22)/t15-,16+/m1/s1. The first-order valence-corrected chi connectivity index (χ1v) is 9.12. The molecular weight excluding hydrogens is 328 g/mol. The van der Waals surface area contributed by atoms with Gasteiger partial charge in [0.15, 0.2) is 0 Å². The third-order valence-corrected chi connectivity index (χ3v) is 5.05. The van der Waals surface area contributed by atoms with Crippen LogP contribution in [-0.2, 0) is 4.74 Å². The van der Waals surface area contributed by atoms with Gasteiger partial charge in [0.1, 0.15) is 5.75 Å². The molecule has 1 aliphatic carbocycles. The lowest BCUT2D eigenvalue weighted by Gasteiger charge is -2.41. The topological polar surface area (TPSA) is 59.6 Å². The van der Waals surface area contributed by atoms with Crippen LogP contribution in [0.1, 0.15) is 43.0 Å². The van der Waals surface area contributed by atoms with E-state index >= 15 is 0 Å². The molecule has 1 aromatic rings. The zero-order valence-electron chi connectivity index (χ0n) is 14.0. The van der Waals surface area contributed by atoms with E-state index in [1.807, 2.05) is 6.92 Å². The van der Waals surface area contributed by atoms with E-state index in [1.165, 1.54) is 0 Å². The number of benzene rings is 1. The highest BCUT2D eigenvalue weighted by molar-refractivity contribution is 6.32. The summed E-state index contributed by atoms with van der Waals surface area (Å²) in [6.07, 6.45) is 4.21. The lowest BCUT2D eigenvalue weighted by atomic mass is 9.85. The minimum atomic E-state index is -0.0802. The van der Waals surface area contributed by atoms with Gasteiger partial charge in [-0.25, -0.2) is 0 Å². The van der Waals surface area contributed by atoms with Crippen molar-refractivity contribution in [1.29, 1.82) is 0 Å². The molecule has 2 fully saturated rings. The van der Waals surface area contributed by atoms with Crippen LogP contribution < -0.4 is 15.4 Å². The van der Waals surface area contributed by atoms with Crippen molar-refractivity contribution in [2.75, 3.05) is 19.8 Å². The number of carbonyl (C=O) groups excluding carboxylic acids is 1. The average molecular weight is 353 g/mol. The zero-order valence-corrected chi connectivity index (χ0v) is 14.8. The fraction of sp³-hybridized carbons (Fsp3) is 0.611. The Labute approximate surface area is 148 Å². The van der Waals surface area contributed by atoms with Gasteiger partial charge in [0, 0.05) is 36.9 Å². The van der Waals surface area contributed by atoms with Crippen LogP contribution >= 0.6 is 11.6 Å². The largest absolute Gasteiger partial charge is 0.492 e. The summed E-state index contributed by atoms with van der Waals surface area (Å²) in [4.78, 5) is 12.4. The SMILES string of the molecule is CCOc1ccc(C(=O)N[C@H]2CC[C@H]2NC2CCOCC2)cc1Cl. The van der Waals surface area contributed by atoms with E-state index < -0.39 is 0 Å². The first kappa shape index (κ1) is 17.5. The van der Waals surface area contributed by atoms with Crippen LogP contribution in [0, 0.1) is 0 Å². The predicted molar refractivity (Wildman–Crippen MR) is 93.9 cm³/mol. The smallest absolute Gasteiger partial charge is 0.251 e. The van der Waals surface area contributed by atoms with E-state index in [-0.39, 0.29) is 11.9 Å². The first-order chi connectivity index (χ1) is 11.7. The van der Waals surface area contributed by atoms with Gasteiger partial charge >= 0.3 is 0 Å². The van der Waals surface area contributed by atoms with Gasteiger partial charge in [0.25, 0.3) is 5.91 Å². The first-order valence-electron chi connectivity index (χ1n) is 8.74. The molecule has 2 N–H and O–H groups in total. The van der Waals surface area contributed by atoms with Gasteiger partial charge in [-0.1, -0.05) is 11.6 Å². The highest BCUT2D eigenvalue weighted by atomic mass is 35.5. The molecule has 5 nitrogen and oxygen atoms in total. The van der Waals surface area contributed by atoms with Crippen molar-refractivity contribution in [2.24, 2.45) is 0 Å². The molecule has 1 amide bonds. The minimum absolute atomic E-state index is 0.0802. The third-order valence-electron chi connectivity index (χ3n) is 4.76. The van der Waals surface area contributed by atoms with Crippen LogP contribution in [-0.4, -0.2) is 43.9 Å². The maximum Gasteiger partial charge on any atom is 0.251 e. The Balaban J connectivity index is 1.53. The molecule has 0 radical (unpaired) electrons. The molecule has 132 valence electrons. The summed E-state index contributed by atoms with van der Waals surface area (Å²) in [6.45, 7) is 4.10. The molecule has 1 heterocycles. The Bertz CT molecular complexity index is 575. The van der Waals surface area contributed by atoms with Crippen LogP contribution in [0.25, 0.3) is 0 Å². The van der Waals surface area contributed by atoms with Gasteiger partial charge in [0.05, 0.1) is 11.6 Å². The van der Waals surface area contributed by atoms with Crippen molar-refractivity contribution >= 4 is 17.5 Å². The number of carbonyl (C=O) groups is 1. The van der Waals surface area contributed by atoms with Crippen LogP contribution in [0.5, 0.6) is 5.75 Å². The highest BCUT2D eigenvalue weighted by Gasteiger charge is 2.34. The molecule has 0 bridgehead atoms. The fourth-order valence-corrected chi connectivity index (χ4v) is 3.44. The predicted octanol–water partition coefficient (Wildman–Crippen LogP) is 2.77. The maximum absolute atomic E-state index is 12.4. The summed E-state index contributed by atoms with van der Waals surface area (Å²) < 4.78 is 10.8. The maximum atomic E-state index is 12.4. The number of hydrogen-bond donors (Lipinski definition) is 2. The van der Waals surface area contributed by atoms with Crippen molar-refractivity contribution in [1.82, 2.24) is 10.6 Å². The molecule has 2 atom stereocenters. The molecule has 0 unspecified atom stereocenters. The zero-order chi connectivity index (χ0) is 16.9. The van der Waals surface area contributed by atoms with E-state index in [0.29, 0.717) is 35.0 Å². The van der Waals surface area contributed by atoms with Crippen LogP contribution in [0.2, 0.25) is 5.02 Å². The quantitative estimate of drug-likeness (QED) is 0.826. The minimum Gasteiger partial charge on any atom is -0.492 e. The normalized spacial score (nSPS) is 24.2. The number of hydrogen-bond acceptors (Lipinski definition) is 4. The Morgan fingerprint density at radius 2 is 2.00 bits per heavy atom. The third kappa shape index (κ3) is 4.21. The second kappa shape index (κ2) is 8.19. The molecule has 0 spiro atoms. The summed E-state index contributed by atoms with van der Waals surface area (Å²) in [5.74, 6) is 0.529. The number of ether oxygens (including phenoxy) is 2. The molecule has 2 aliphatic rings. The Hall–Kier alpha value is -1.30. The summed E-state index contributed by atoms with van der Waals surface area (Å²) in [7, 11) is 0. The van der Waals surface area contributed by atoms with Crippen molar-refractivity contribution in [2.45, 2.75) is 50.7 Å². The van der Waals surface area contributed by atoms with E-state index in [1.54, 1.807) is 18.2 Å². The van der Waals surface area contributed by atoms with Gasteiger partial charge in [-0.05, 0) is 50.8 Å². The molecule has 1 aliphatic heterocycles. The van der Waals surface area contributed by atoms with E-state index in [4.69, 9.17) is 21.1 Å². The average Bonchev–Trinajstić information content (AvgIpc) is 2.59. The summed E-state index contributed by atoms with van der Waals surface area (Å²) in [5.41, 5.74) is 0.570. The Kier molecular flexibility index (Phi) is 5.98. The lowest BCUT2D eigenvalue weighted by Crippen LogP contribution is -2.59. The van der Waals surface area contributed by atoms with E-state index in [9.17, 15) is 4.79 Å². The van der Waals surface area contributed by atoms with Crippen molar-refractivity contribution in [3.05, 3.63) is 28.8 Å². The molecule has 1 saturated heterocycles. The Morgan fingerprint density at radius 1 is 1.25 bits per heavy atom. The van der Waals surface area contributed by atoms with Crippen LogP contribution in [0.15, 0.2) is 18.2 Å². The van der Waals surface area contributed by atoms with E-state index in [2.05, 4.69) is 10.6 Å². The fourth-order valence-electron chi connectivity index (χ4n) is 3.21. The summed E-state index contributed by atoms with van der Waals surface area (Å²) in [6, 6.07) is 6.22. The summed E-state index contributed by atoms with van der Waals surface area (Å²) in [5, 5.41) is 7.25. The molecule has 3 rings (SSSR count). The van der Waals surface area contributed by atoms with Crippen LogP contribution in [0.4, 0.5) is 0 Å². The van der Waals surface area contributed by atoms with Gasteiger partial charge in [-0.3, -0.25) is 4.79 Å². The molecule has 0 aromatic heterocycles. The summed E-state index contributed by atoms with van der Waals surface area (Å²) >= 11 is 6.16. The van der Waals surface area contributed by atoms with Crippen molar-refractivity contribution < 1.29 is 14.3 Å². The van der Waals surface area contributed by atoms with Gasteiger partial charge in [-0.2, -0.15) is 0 Å². The second-order valence-electron chi connectivity index (χ2n) is 6.40.